The third-order valence-electron chi connectivity index (χ3n) is 3.98. The van der Waals surface area contributed by atoms with Gasteiger partial charge < -0.3 is 14.7 Å². The number of aliphatic hydroxyl groups is 1. The summed E-state index contributed by atoms with van der Waals surface area (Å²) in [7, 11) is 1.64. The van der Waals surface area contributed by atoms with Crippen molar-refractivity contribution in [3.05, 3.63) is 17.6 Å². The molecule has 0 aromatic carbocycles. The number of ether oxygens (including phenoxy) is 1. The molecular formula is C13H19N3O2. The first-order valence-electron chi connectivity index (χ1n) is 6.39. The zero-order valence-electron chi connectivity index (χ0n) is 10.9. The summed E-state index contributed by atoms with van der Waals surface area (Å²) >= 11 is 0. The normalized spacial score (nSPS) is 24.8. The van der Waals surface area contributed by atoms with Gasteiger partial charge in [-0.2, -0.15) is 0 Å². The number of aromatic nitrogens is 2. The lowest BCUT2D eigenvalue weighted by Crippen LogP contribution is -2.23. The number of methoxy groups -OCH3 is 1. The van der Waals surface area contributed by atoms with Crippen LogP contribution < -0.4 is 4.90 Å². The van der Waals surface area contributed by atoms with Gasteiger partial charge in [0.1, 0.15) is 12.4 Å². The molecule has 1 aromatic rings. The summed E-state index contributed by atoms with van der Waals surface area (Å²) in [5, 5.41) is 10.1. The molecule has 1 aliphatic carbocycles. The molecule has 0 radical (unpaired) electrons. The Morgan fingerprint density at radius 2 is 2.28 bits per heavy atom. The van der Waals surface area contributed by atoms with E-state index in [1.807, 2.05) is 13.0 Å². The second kappa shape index (κ2) is 4.17. The largest absolute Gasteiger partial charge is 0.391 e. The molecular weight excluding hydrogens is 230 g/mol. The van der Waals surface area contributed by atoms with Crippen LogP contribution in [-0.2, 0) is 11.3 Å². The SMILES string of the molecule is COCc1nc(C)cc(N2CC(O)C3(CC3)C2)n1. The fourth-order valence-electron chi connectivity index (χ4n) is 2.75. The van der Waals surface area contributed by atoms with Crippen molar-refractivity contribution >= 4 is 5.82 Å². The fourth-order valence-corrected chi connectivity index (χ4v) is 2.75. The van der Waals surface area contributed by atoms with E-state index < -0.39 is 0 Å². The second-order valence-electron chi connectivity index (χ2n) is 5.48. The number of β-amino-alcohol motifs (C(OH)–C–C–N with tert-alkyl or cyclic N) is 1. The van der Waals surface area contributed by atoms with Gasteiger partial charge in [-0.3, -0.25) is 0 Å². The molecule has 1 saturated carbocycles. The number of rotatable bonds is 3. The molecule has 1 aromatic heterocycles. The average Bonchev–Trinajstić information content (AvgIpc) is 3.01. The van der Waals surface area contributed by atoms with Gasteiger partial charge in [0.05, 0.1) is 6.10 Å². The minimum Gasteiger partial charge on any atom is -0.391 e. The van der Waals surface area contributed by atoms with E-state index in [1.165, 1.54) is 0 Å². The van der Waals surface area contributed by atoms with Crippen LogP contribution >= 0.6 is 0 Å². The number of hydrogen-bond acceptors (Lipinski definition) is 5. The molecule has 1 saturated heterocycles. The molecule has 1 N–H and O–H groups in total. The highest BCUT2D eigenvalue weighted by molar-refractivity contribution is 5.43. The van der Waals surface area contributed by atoms with Crippen LogP contribution in [-0.4, -0.2) is 41.4 Å². The molecule has 1 atom stereocenters. The second-order valence-corrected chi connectivity index (χ2v) is 5.48. The number of anilines is 1. The quantitative estimate of drug-likeness (QED) is 0.862. The Hall–Kier alpha value is -1.20. The van der Waals surface area contributed by atoms with E-state index in [0.29, 0.717) is 19.0 Å². The summed E-state index contributed by atoms with van der Waals surface area (Å²) in [6.45, 7) is 3.99. The first kappa shape index (κ1) is 11.9. The van der Waals surface area contributed by atoms with Gasteiger partial charge in [-0.25, -0.2) is 9.97 Å². The van der Waals surface area contributed by atoms with Crippen molar-refractivity contribution < 1.29 is 9.84 Å². The highest BCUT2D eigenvalue weighted by Gasteiger charge is 2.54. The summed E-state index contributed by atoms with van der Waals surface area (Å²) < 4.78 is 5.08. The summed E-state index contributed by atoms with van der Waals surface area (Å²) in [6.07, 6.45) is 2.07. The third kappa shape index (κ3) is 1.97. The van der Waals surface area contributed by atoms with Crippen LogP contribution in [0.15, 0.2) is 6.07 Å². The molecule has 2 aliphatic rings. The molecule has 0 bridgehead atoms. The molecule has 1 aliphatic heterocycles. The smallest absolute Gasteiger partial charge is 0.156 e. The summed E-state index contributed by atoms with van der Waals surface area (Å²) in [5.74, 6) is 1.62. The highest BCUT2D eigenvalue weighted by atomic mass is 16.5. The van der Waals surface area contributed by atoms with Crippen LogP contribution in [0.4, 0.5) is 5.82 Å². The lowest BCUT2D eigenvalue weighted by molar-refractivity contribution is 0.136. The standard InChI is InChI=1S/C13H19N3O2/c1-9-5-12(15-11(14-9)7-18-2)16-6-10(17)13(8-16)3-4-13/h5,10,17H,3-4,6-8H2,1-2H3. The Balaban J connectivity index is 1.84. The van der Waals surface area contributed by atoms with Gasteiger partial charge in [0.25, 0.3) is 0 Å². The highest BCUT2D eigenvalue weighted by Crippen LogP contribution is 2.53. The van der Waals surface area contributed by atoms with E-state index in [4.69, 9.17) is 4.74 Å². The first-order chi connectivity index (χ1) is 8.63. The molecule has 2 heterocycles. The topological polar surface area (TPSA) is 58.5 Å². The predicted molar refractivity (Wildman–Crippen MR) is 67.4 cm³/mol. The van der Waals surface area contributed by atoms with Gasteiger partial charge in [-0.15, -0.1) is 0 Å². The molecule has 5 heteroatoms. The Kier molecular flexibility index (Phi) is 2.75. The molecule has 5 nitrogen and oxygen atoms in total. The number of hydrogen-bond donors (Lipinski definition) is 1. The van der Waals surface area contributed by atoms with Crippen molar-refractivity contribution in [2.24, 2.45) is 5.41 Å². The zero-order valence-corrected chi connectivity index (χ0v) is 10.9. The van der Waals surface area contributed by atoms with Crippen molar-refractivity contribution in [2.45, 2.75) is 32.5 Å². The van der Waals surface area contributed by atoms with Crippen LogP contribution in [0, 0.1) is 12.3 Å². The van der Waals surface area contributed by atoms with Gasteiger partial charge in [0.15, 0.2) is 5.82 Å². The van der Waals surface area contributed by atoms with Gasteiger partial charge in [-0.1, -0.05) is 0 Å². The Morgan fingerprint density at radius 1 is 1.50 bits per heavy atom. The summed E-state index contributed by atoms with van der Waals surface area (Å²) in [5.41, 5.74) is 1.10. The molecule has 2 fully saturated rings. The third-order valence-corrected chi connectivity index (χ3v) is 3.98. The number of aryl methyl sites for hydroxylation is 1. The first-order valence-corrected chi connectivity index (χ1v) is 6.39. The molecule has 98 valence electrons. The van der Waals surface area contributed by atoms with E-state index in [-0.39, 0.29) is 11.5 Å². The predicted octanol–water partition coefficient (Wildman–Crippen LogP) is 0.893. The van der Waals surface area contributed by atoms with Gasteiger partial charge in [0, 0.05) is 37.4 Å². The zero-order chi connectivity index (χ0) is 12.8. The van der Waals surface area contributed by atoms with Crippen LogP contribution in [0.2, 0.25) is 0 Å². The van der Waals surface area contributed by atoms with Crippen molar-refractivity contribution in [2.75, 3.05) is 25.1 Å². The Morgan fingerprint density at radius 3 is 2.89 bits per heavy atom. The minimum atomic E-state index is -0.210. The van der Waals surface area contributed by atoms with Crippen molar-refractivity contribution in [3.63, 3.8) is 0 Å². The van der Waals surface area contributed by atoms with Crippen LogP contribution in [0.5, 0.6) is 0 Å². The van der Waals surface area contributed by atoms with E-state index >= 15 is 0 Å². The van der Waals surface area contributed by atoms with Crippen LogP contribution in [0.25, 0.3) is 0 Å². The van der Waals surface area contributed by atoms with Crippen LogP contribution in [0.1, 0.15) is 24.4 Å². The van der Waals surface area contributed by atoms with Crippen molar-refractivity contribution in [1.82, 2.24) is 9.97 Å². The van der Waals surface area contributed by atoms with Gasteiger partial charge >= 0.3 is 0 Å². The summed E-state index contributed by atoms with van der Waals surface area (Å²) in [4.78, 5) is 11.0. The van der Waals surface area contributed by atoms with Crippen molar-refractivity contribution in [3.8, 4) is 0 Å². The minimum absolute atomic E-state index is 0.153. The molecule has 1 spiro atoms. The number of aliphatic hydroxyl groups excluding tert-OH is 1. The maximum Gasteiger partial charge on any atom is 0.156 e. The van der Waals surface area contributed by atoms with E-state index in [0.717, 1.165) is 30.9 Å². The molecule has 18 heavy (non-hydrogen) atoms. The van der Waals surface area contributed by atoms with Crippen molar-refractivity contribution in [1.29, 1.82) is 0 Å². The maximum absolute atomic E-state index is 10.1. The Bertz CT molecular complexity index is 460. The van der Waals surface area contributed by atoms with Gasteiger partial charge in [-0.05, 0) is 19.8 Å². The summed E-state index contributed by atoms with van der Waals surface area (Å²) in [6, 6.07) is 1.98. The van der Waals surface area contributed by atoms with Gasteiger partial charge in [0.2, 0.25) is 0 Å². The molecule has 1 unspecified atom stereocenters. The van der Waals surface area contributed by atoms with E-state index in [1.54, 1.807) is 7.11 Å². The van der Waals surface area contributed by atoms with E-state index in [2.05, 4.69) is 14.9 Å². The molecule has 0 amide bonds. The monoisotopic (exact) mass is 249 g/mol. The van der Waals surface area contributed by atoms with Crippen LogP contribution in [0.3, 0.4) is 0 Å². The maximum atomic E-state index is 10.1. The Labute approximate surface area is 107 Å². The average molecular weight is 249 g/mol. The number of nitrogens with zero attached hydrogens (tertiary/aromatic N) is 3. The fraction of sp³-hybridized carbons (Fsp3) is 0.692. The lowest BCUT2D eigenvalue weighted by atomic mass is 10.0. The molecule has 3 rings (SSSR count). The van der Waals surface area contributed by atoms with E-state index in [9.17, 15) is 5.11 Å². The lowest BCUT2D eigenvalue weighted by Gasteiger charge is -2.18.